The maximum absolute atomic E-state index is 11.6. The van der Waals surface area contributed by atoms with Gasteiger partial charge >= 0.3 is 12.2 Å². The lowest BCUT2D eigenvalue weighted by atomic mass is 9.54. The van der Waals surface area contributed by atoms with E-state index in [2.05, 4.69) is 67.9 Å². The van der Waals surface area contributed by atoms with E-state index >= 15 is 0 Å². The van der Waals surface area contributed by atoms with Crippen molar-refractivity contribution in [1.82, 2.24) is 16.0 Å². The molecular weight excluding hydrogens is 1250 g/mol. The number of alkyl carbamates (subject to hydrolysis) is 2. The molecule has 17 heteroatoms. The van der Waals surface area contributed by atoms with Gasteiger partial charge < -0.3 is 70.4 Å². The Morgan fingerprint density at radius 2 is 0.687 bits per heavy atom. The Bertz CT molecular complexity index is 3410. The number of aliphatic hydroxyl groups excluding tert-OH is 4. The van der Waals surface area contributed by atoms with Gasteiger partial charge in [-0.1, -0.05) is 52.0 Å². The van der Waals surface area contributed by atoms with Gasteiger partial charge in [0.25, 0.3) is 0 Å². The third-order valence-electron chi connectivity index (χ3n) is 29.5. The van der Waals surface area contributed by atoms with Gasteiger partial charge in [0.1, 0.15) is 23.0 Å². The van der Waals surface area contributed by atoms with E-state index in [1.807, 2.05) is 36.4 Å². The first-order valence-electron chi connectivity index (χ1n) is 37.9. The molecule has 11 N–H and O–H groups in total. The normalized spacial score (nSPS) is 39.6. The van der Waals surface area contributed by atoms with Crippen molar-refractivity contribution < 1.29 is 69.4 Å². The van der Waals surface area contributed by atoms with Crippen LogP contribution in [0, 0.1) is 69.0 Å². The van der Waals surface area contributed by atoms with Crippen LogP contribution in [0.25, 0.3) is 0 Å². The lowest BCUT2D eigenvalue weighted by molar-refractivity contribution is -0.0432. The molecular formula is C82H115N3O14. The van der Waals surface area contributed by atoms with Gasteiger partial charge in [-0.15, -0.1) is 0 Å². The number of rotatable bonds is 9. The predicted molar refractivity (Wildman–Crippen MR) is 379 cm³/mol. The largest absolute Gasteiger partial charge is 0.508 e. The molecule has 12 aliphatic carbocycles. The number of carbonyl (C=O) groups excluding carboxylic acids is 2. The monoisotopic (exact) mass is 1370 g/mol. The number of phenols is 4. The van der Waals surface area contributed by atoms with Crippen LogP contribution in [0.15, 0.2) is 72.8 Å². The minimum atomic E-state index is -0.418. The average molecular weight is 1370 g/mol. The number of phenolic OH excluding ortho intramolecular Hbond substituents is 4. The molecule has 24 atom stereocenters. The van der Waals surface area contributed by atoms with Gasteiger partial charge in [0.2, 0.25) is 0 Å². The number of aliphatic hydroxyl groups is 4. The summed E-state index contributed by atoms with van der Waals surface area (Å²) in [4.78, 5) is 23.2. The third kappa shape index (κ3) is 13.2. The van der Waals surface area contributed by atoms with E-state index in [4.69, 9.17) is 18.9 Å². The maximum atomic E-state index is 11.6. The van der Waals surface area contributed by atoms with Gasteiger partial charge in [-0.2, -0.15) is 0 Å². The van der Waals surface area contributed by atoms with E-state index in [1.54, 1.807) is 26.4 Å². The number of amides is 2. The SMILES string of the molecule is COC(=O)NC[C@@H]1C[C@@H]2[C@H](CC[C@]3(C)[C@@H](O)CC[C@@H]23)c2ccc(O)cc21.COC(=O)NC[C@H]1C[C@@H]2[C@H](CC[C@]3(C)[C@@H](O)CC[C@@H]23)c2ccc(O)cc21.COCNC[C@H]1C[C@@H]2[C@H](CC[C@]3(C)[C@@H](O)CC[C@@H]23)c2ccc(O)cc21.CO[C@@H]1C[C@@H]2[C@H](CC[C@]3(C)[C@@H](O)CC[C@@H]23)c2ccc(O)cc21. The third-order valence-corrected chi connectivity index (χ3v) is 29.5. The summed E-state index contributed by atoms with van der Waals surface area (Å²) in [6, 6.07) is 23.2. The van der Waals surface area contributed by atoms with Crippen molar-refractivity contribution in [3.63, 3.8) is 0 Å². The average Bonchev–Trinajstić information content (AvgIpc) is 1.71. The van der Waals surface area contributed by atoms with Crippen molar-refractivity contribution in [2.24, 2.45) is 69.0 Å². The smallest absolute Gasteiger partial charge is 0.406 e. The zero-order valence-electron chi connectivity index (χ0n) is 60.0. The summed E-state index contributed by atoms with van der Waals surface area (Å²) in [5.41, 5.74) is 10.5. The van der Waals surface area contributed by atoms with Crippen LogP contribution in [-0.2, 0) is 18.9 Å². The molecule has 0 aromatic heterocycles. The van der Waals surface area contributed by atoms with E-state index < -0.39 is 12.2 Å². The first-order chi connectivity index (χ1) is 47.5. The van der Waals surface area contributed by atoms with Crippen molar-refractivity contribution >= 4 is 12.2 Å². The highest BCUT2D eigenvalue weighted by Gasteiger charge is 2.60. The molecule has 0 saturated heterocycles. The number of benzene rings is 4. The summed E-state index contributed by atoms with van der Waals surface area (Å²) in [5.74, 6) is 8.65. The second-order valence-electron chi connectivity index (χ2n) is 33.7. The Hall–Kier alpha value is -5.66. The van der Waals surface area contributed by atoms with Crippen molar-refractivity contribution in [1.29, 1.82) is 0 Å². The summed E-state index contributed by atoms with van der Waals surface area (Å²) in [7, 11) is 6.22. The zero-order chi connectivity index (χ0) is 70.0. The lowest BCUT2D eigenvalue weighted by Gasteiger charge is -2.51. The van der Waals surface area contributed by atoms with Gasteiger partial charge in [0.15, 0.2) is 0 Å². The Morgan fingerprint density at radius 3 is 0.990 bits per heavy atom. The summed E-state index contributed by atoms with van der Waals surface area (Å²) < 4.78 is 20.4. The number of hydrogen-bond donors (Lipinski definition) is 11. The van der Waals surface area contributed by atoms with Crippen molar-refractivity contribution in [3.8, 4) is 23.0 Å². The maximum Gasteiger partial charge on any atom is 0.406 e. The molecule has 0 aliphatic heterocycles. The lowest BCUT2D eigenvalue weighted by Crippen LogP contribution is -2.45. The van der Waals surface area contributed by atoms with Crippen LogP contribution in [0.4, 0.5) is 9.59 Å². The Labute approximate surface area is 586 Å². The number of fused-ring (bicyclic) bond motifs is 20. The quantitative estimate of drug-likeness (QED) is 0.0549. The number of carbonyl (C=O) groups is 2. The first kappa shape index (κ1) is 71.7. The predicted octanol–water partition coefficient (Wildman–Crippen LogP) is 14.1. The van der Waals surface area contributed by atoms with Crippen LogP contribution in [0.2, 0.25) is 0 Å². The molecule has 542 valence electrons. The molecule has 8 saturated carbocycles. The fourth-order valence-corrected chi connectivity index (χ4v) is 24.3. The number of nitrogens with one attached hydrogen (secondary N) is 3. The van der Waals surface area contributed by atoms with E-state index in [-0.39, 0.29) is 75.5 Å². The Kier molecular flexibility index (Phi) is 20.9. The summed E-state index contributed by atoms with van der Waals surface area (Å²) in [6.45, 7) is 11.6. The van der Waals surface area contributed by atoms with Crippen molar-refractivity contribution in [3.05, 3.63) is 117 Å². The fourth-order valence-electron chi connectivity index (χ4n) is 24.3. The fraction of sp³-hybridized carbons (Fsp3) is 0.683. The van der Waals surface area contributed by atoms with Gasteiger partial charge in [0.05, 0.1) is 51.5 Å². The molecule has 4 aromatic carbocycles. The molecule has 12 aliphatic rings. The van der Waals surface area contributed by atoms with E-state index in [9.17, 15) is 50.4 Å². The minimum absolute atomic E-state index is 0.0237. The van der Waals surface area contributed by atoms with Crippen LogP contribution < -0.4 is 16.0 Å². The van der Waals surface area contributed by atoms with Gasteiger partial charge in [-0.25, -0.2) is 9.59 Å². The molecule has 0 bridgehead atoms. The second kappa shape index (κ2) is 28.9. The number of hydrogen-bond acceptors (Lipinski definition) is 15. The number of methoxy groups -OCH3 is 4. The molecule has 2 amide bonds. The van der Waals surface area contributed by atoms with Crippen molar-refractivity contribution in [2.75, 3.05) is 54.8 Å². The highest BCUT2D eigenvalue weighted by atomic mass is 16.5. The zero-order valence-corrected chi connectivity index (χ0v) is 60.0. The van der Waals surface area contributed by atoms with E-state index in [1.165, 1.54) is 47.6 Å². The highest BCUT2D eigenvalue weighted by Crippen LogP contribution is 2.67. The minimum Gasteiger partial charge on any atom is -0.508 e. The van der Waals surface area contributed by atoms with Gasteiger partial charge in [-0.05, 0) is 320 Å². The molecule has 4 aromatic rings. The van der Waals surface area contributed by atoms with Gasteiger partial charge in [0, 0.05) is 45.7 Å². The van der Waals surface area contributed by atoms with Crippen LogP contribution in [-0.4, -0.2) is 132 Å². The van der Waals surface area contributed by atoms with E-state index in [0.717, 1.165) is 146 Å². The molecule has 17 nitrogen and oxygen atoms in total. The summed E-state index contributed by atoms with van der Waals surface area (Å²) >= 11 is 0. The number of ether oxygens (including phenoxy) is 4. The standard InChI is InChI=1S/2C21H29NO4.C21H31NO3.C19H26O3/c2*1-21-8-7-15-14-4-3-13(23)10-16(14)12(11-22-20(25)26-2)9-17(15)18(21)5-6-19(21)24;1-21-8-7-16-15-4-3-14(23)10-17(15)13(11-22-12-25-2)9-18(16)19(21)5-6-20(21)24;1-19-8-7-13-12-4-3-11(20)9-15(12)17(22-2)10-14(13)16(19)5-6-18(19)21/h2*3-4,10,12,15,17-19,23-24H,5-9,11H2,1-2H3,(H,22,25);3-4,10,13,16,18-20,22-24H,5-9,11-12H2,1-2H3;3-4,9,13-14,16-18,20-21H,5-8,10H2,1-2H3/t12-,15+,17+,18-,19-,21-;12-,15-,17-,18+,19+,21+;13-,16-,18-,19+,20+,21+;13-,14-,16+,17-,18+,19+/m0111/s1. The molecule has 16 rings (SSSR count). The second-order valence-corrected chi connectivity index (χ2v) is 33.7. The summed E-state index contributed by atoms with van der Waals surface area (Å²) in [6.07, 6.45) is 19.7. The molecule has 0 unspecified atom stereocenters. The molecule has 0 spiro atoms. The molecule has 99 heavy (non-hydrogen) atoms. The van der Waals surface area contributed by atoms with E-state index in [0.29, 0.717) is 108 Å². The Morgan fingerprint density at radius 1 is 0.394 bits per heavy atom. The first-order valence-corrected chi connectivity index (χ1v) is 37.9. The van der Waals surface area contributed by atoms with Crippen molar-refractivity contribution in [2.45, 2.75) is 228 Å². The van der Waals surface area contributed by atoms with Gasteiger partial charge in [-0.3, -0.25) is 5.32 Å². The van der Waals surface area contributed by atoms with Crippen LogP contribution in [0.1, 0.15) is 248 Å². The highest BCUT2D eigenvalue weighted by molar-refractivity contribution is 5.67. The molecule has 0 radical (unpaired) electrons. The topological polar surface area (TPSA) is 269 Å². The van der Waals surface area contributed by atoms with Crippen LogP contribution in [0.3, 0.4) is 0 Å². The molecule has 0 heterocycles. The molecule has 8 fully saturated rings. The Balaban J connectivity index is 0.000000119. The summed E-state index contributed by atoms with van der Waals surface area (Å²) in [5, 5.41) is 91.1. The number of aromatic hydroxyl groups is 4. The van der Waals surface area contributed by atoms with Crippen LogP contribution >= 0.6 is 0 Å². The van der Waals surface area contributed by atoms with Crippen LogP contribution in [0.5, 0.6) is 23.0 Å².